The van der Waals surface area contributed by atoms with Crippen LogP contribution in [-0.2, 0) is 72.8 Å². The maximum atomic E-state index is 20.1. The molecule has 0 aromatic rings. The van der Waals surface area contributed by atoms with Crippen molar-refractivity contribution in [3.63, 3.8) is 0 Å². The van der Waals surface area contributed by atoms with Crippen LogP contribution in [0.5, 0.6) is 0 Å². The van der Waals surface area contributed by atoms with Crippen LogP contribution in [0.4, 0.5) is 8.78 Å². The van der Waals surface area contributed by atoms with Crippen molar-refractivity contribution in [3.8, 4) is 0 Å². The van der Waals surface area contributed by atoms with E-state index in [-0.39, 0.29) is 82.4 Å². The predicted molar refractivity (Wildman–Crippen MR) is 281 cm³/mol. The molecule has 0 aromatic carbocycles. The third-order valence-electron chi connectivity index (χ3n) is 20.2. The summed E-state index contributed by atoms with van der Waals surface area (Å²) in [5.41, 5.74) is -8.57. The van der Waals surface area contributed by atoms with E-state index >= 15 is 8.78 Å². The second-order valence-electron chi connectivity index (χ2n) is 25.6. The first-order valence-electron chi connectivity index (χ1n) is 28.1. The fourth-order valence-corrected chi connectivity index (χ4v) is 18.7. The average Bonchev–Trinajstić information content (AvgIpc) is 3.63. The first-order chi connectivity index (χ1) is 37.5. The number of halogens is 5. The van der Waals surface area contributed by atoms with Crippen molar-refractivity contribution in [2.45, 2.75) is 193 Å². The van der Waals surface area contributed by atoms with Crippen molar-refractivity contribution in [2.24, 2.45) is 45.3 Å². The Morgan fingerprint density at radius 2 is 1.25 bits per heavy atom. The molecule has 1 heterocycles. The number of ether oxygens (including phenoxy) is 8. The van der Waals surface area contributed by atoms with E-state index in [1.54, 1.807) is 39.8 Å². The SMILES string of the molecule is CC(=O)OCC(=O)COC(C)(C)OC1CC2C3CC(C=O)=C4C=C(OCCCl)CCC4(C)C3(F)C(O[I-]OC3CC4(C)C(CC5OC(C)(C)OC54C(=O)COC(C)=O)C4CC(C=O)=C5C=C(OCCCl)CCC5(C)C34F)CC2(C)C1. The Morgan fingerprint density at radius 1 is 0.725 bits per heavy atom. The Labute approximate surface area is 489 Å². The van der Waals surface area contributed by atoms with Gasteiger partial charge in [-0.25, -0.2) is 0 Å². The zero-order chi connectivity index (χ0) is 58.2. The fraction of sp³-hybridized carbons (Fsp3) is 0.763. The molecule has 0 bridgehead atoms. The first kappa shape index (κ1) is 61.7. The summed E-state index contributed by atoms with van der Waals surface area (Å²) in [6, 6.07) is 0. The van der Waals surface area contributed by atoms with Gasteiger partial charge in [-0.1, -0.05) is 0 Å². The van der Waals surface area contributed by atoms with Gasteiger partial charge in [-0.2, -0.15) is 0 Å². The molecule has 0 N–H and O–H groups in total. The van der Waals surface area contributed by atoms with E-state index < -0.39 is 151 Å². The maximum absolute atomic E-state index is 20.1. The Balaban J connectivity index is 1.09. The summed E-state index contributed by atoms with van der Waals surface area (Å²) >= 11 is 10.0. The van der Waals surface area contributed by atoms with Gasteiger partial charge in [0, 0.05) is 6.92 Å². The van der Waals surface area contributed by atoms with Crippen LogP contribution in [0.1, 0.15) is 140 Å². The van der Waals surface area contributed by atoms with E-state index in [2.05, 4.69) is 6.92 Å². The van der Waals surface area contributed by atoms with Gasteiger partial charge in [0.2, 0.25) is 0 Å². The van der Waals surface area contributed by atoms with Crippen LogP contribution in [-0.4, -0.2) is 134 Å². The summed E-state index contributed by atoms with van der Waals surface area (Å²) in [7, 11) is 0. The minimum atomic E-state index is -2.21. The molecule has 21 heteroatoms. The van der Waals surface area contributed by atoms with Crippen LogP contribution in [0, 0.1) is 45.3 Å². The van der Waals surface area contributed by atoms with Crippen LogP contribution >= 0.6 is 23.2 Å². The molecule has 1 saturated heterocycles. The molecule has 5 fully saturated rings. The van der Waals surface area contributed by atoms with Gasteiger partial charge >= 0.3 is 475 Å². The molecule has 9 aliphatic rings. The molecule has 1 aliphatic heterocycles. The van der Waals surface area contributed by atoms with Crippen molar-refractivity contribution < 1.29 is 104 Å². The van der Waals surface area contributed by atoms with Crippen LogP contribution in [0.15, 0.2) is 46.0 Å². The summed E-state index contributed by atoms with van der Waals surface area (Å²) in [4.78, 5) is 77.7. The van der Waals surface area contributed by atoms with Crippen molar-refractivity contribution >= 4 is 59.3 Å². The number of carbonyl (C=O) groups excluding carboxylic acids is 6. The van der Waals surface area contributed by atoms with Crippen LogP contribution in [0.3, 0.4) is 0 Å². The third kappa shape index (κ3) is 10.2. The van der Waals surface area contributed by atoms with Gasteiger partial charge in [-0.15, -0.1) is 0 Å². The van der Waals surface area contributed by atoms with E-state index in [9.17, 15) is 28.8 Å². The first-order valence-corrected chi connectivity index (χ1v) is 30.9. The topological polar surface area (TPSA) is 195 Å². The molecule has 0 amide bonds. The quantitative estimate of drug-likeness (QED) is 0.0372. The summed E-state index contributed by atoms with van der Waals surface area (Å²) in [5.74, 6) is -5.71. The summed E-state index contributed by atoms with van der Waals surface area (Å²) in [6.07, 6.45) is 3.93. The van der Waals surface area contributed by atoms with Gasteiger partial charge in [0.25, 0.3) is 0 Å². The molecule has 0 spiro atoms. The predicted octanol–water partition coefficient (Wildman–Crippen LogP) is 6.54. The molecule has 15 unspecified atom stereocenters. The number of fused-ring (bicyclic) bond motifs is 12. The van der Waals surface area contributed by atoms with Gasteiger partial charge in [0.15, 0.2) is 0 Å². The summed E-state index contributed by atoms with van der Waals surface area (Å²) in [6.45, 7) is 15.9. The molecule has 0 aromatic heterocycles. The molecular weight excluding hydrogens is 1200 g/mol. The molecule has 16 nitrogen and oxygen atoms in total. The number of carbonyl (C=O) groups is 6. The molecule has 4 saturated carbocycles. The Morgan fingerprint density at radius 3 is 1.77 bits per heavy atom. The van der Waals surface area contributed by atoms with E-state index in [0.717, 1.165) is 12.6 Å². The van der Waals surface area contributed by atoms with Gasteiger partial charge in [0.1, 0.15) is 0 Å². The monoisotopic (exact) mass is 1280 g/mol. The Kier molecular flexibility index (Phi) is 17.4. The van der Waals surface area contributed by atoms with Gasteiger partial charge in [-0.3, -0.25) is 4.79 Å². The number of Topliss-reactive ketones (excluding diaryl/α,β-unsaturated/α-hetero) is 2. The molecule has 9 rings (SSSR count). The van der Waals surface area contributed by atoms with Crippen LogP contribution in [0.2, 0.25) is 0 Å². The third-order valence-corrected chi connectivity index (χ3v) is 22.1. The second-order valence-corrected chi connectivity index (χ2v) is 27.7. The molecule has 15 atom stereocenters. The van der Waals surface area contributed by atoms with Crippen molar-refractivity contribution in [1.82, 2.24) is 0 Å². The minimum absolute atomic E-state index is 0.00219. The standard InChI is InChI=1S/C59H78Cl2F2IO16/c1-33(67)73-30-37(69)31-75-51(3,4)76-40-23-43-45-19-35(28-65)41-21-38(71-17-15-60)11-13-54(41,8)57(45,62)49(26-53(43,7)25-40)78-64-79-50-27-56(10)44(24-48-59(56,80-52(5,6)77-48)47(70)32-74-34(2)68)46-20-36(29-66)42-22-39(72-18-16-61)12-14-55(42,9)58(46,50)63/h21-22,28-29,40,43-46,48-50H,11-20,23-27,30-32H2,1-10H3/q-1. The number of hydrogen-bond acceptors (Lipinski definition) is 16. The molecular formula is C59H78Cl2F2IO16-. The zero-order valence-electron chi connectivity index (χ0n) is 47.6. The summed E-state index contributed by atoms with van der Waals surface area (Å²) in [5, 5.41) is 0. The van der Waals surface area contributed by atoms with Crippen molar-refractivity contribution in [2.75, 3.05) is 44.8 Å². The van der Waals surface area contributed by atoms with Crippen LogP contribution in [0.25, 0.3) is 0 Å². The van der Waals surface area contributed by atoms with Crippen LogP contribution < -0.4 is 22.0 Å². The van der Waals surface area contributed by atoms with E-state index in [1.165, 1.54) is 13.8 Å². The molecule has 80 heavy (non-hydrogen) atoms. The number of rotatable bonds is 22. The van der Waals surface area contributed by atoms with E-state index in [4.69, 9.17) is 67.2 Å². The van der Waals surface area contributed by atoms with E-state index in [0.29, 0.717) is 59.5 Å². The van der Waals surface area contributed by atoms with Crippen molar-refractivity contribution in [3.05, 3.63) is 46.0 Å². The number of esters is 2. The van der Waals surface area contributed by atoms with Gasteiger partial charge in [0.05, 0.1) is 0 Å². The molecule has 8 aliphatic carbocycles. The molecule has 446 valence electrons. The number of allylic oxidation sites excluding steroid dienone is 8. The van der Waals surface area contributed by atoms with Gasteiger partial charge in [-0.05, 0) is 0 Å². The number of aldehydes is 2. The van der Waals surface area contributed by atoms with E-state index in [1.807, 2.05) is 20.8 Å². The number of alkyl halides is 4. The zero-order valence-corrected chi connectivity index (χ0v) is 51.2. The second kappa shape index (κ2) is 22.5. The van der Waals surface area contributed by atoms with Gasteiger partial charge < -0.3 is 4.74 Å². The average molecular weight is 1280 g/mol. The normalized spacial score (nSPS) is 40.4. The number of ketones is 2. The van der Waals surface area contributed by atoms with Crippen molar-refractivity contribution in [1.29, 1.82) is 0 Å². The summed E-state index contributed by atoms with van der Waals surface area (Å²) < 4.78 is 103. The number of hydrogen-bond donors (Lipinski definition) is 0. The Bertz CT molecular complexity index is 2640. The fourth-order valence-electron chi connectivity index (χ4n) is 16.9. The molecule has 0 radical (unpaired) electrons. The Hall–Kier alpha value is -2.89.